The number of methoxy groups -OCH3 is 1. The lowest BCUT2D eigenvalue weighted by molar-refractivity contribution is 0.259. The number of hydrogen-bond acceptors (Lipinski definition) is 3. The van der Waals surface area contributed by atoms with E-state index in [1.54, 1.807) is 13.2 Å². The van der Waals surface area contributed by atoms with Crippen molar-refractivity contribution in [2.75, 3.05) is 12.4 Å². The van der Waals surface area contributed by atoms with Crippen molar-refractivity contribution in [1.82, 2.24) is 0 Å². The van der Waals surface area contributed by atoms with Crippen molar-refractivity contribution in [3.63, 3.8) is 0 Å². The Balaban J connectivity index is 2.34. The van der Waals surface area contributed by atoms with Gasteiger partial charge in [-0.25, -0.2) is 8.78 Å². The molecule has 1 aromatic carbocycles. The molecule has 1 atom stereocenters. The molecule has 2 rings (SSSR count). The molecule has 0 saturated carbocycles. The number of hydrogen-bond donors (Lipinski definition) is 2. The number of anilines is 1. The first kappa shape index (κ1) is 16.0. The van der Waals surface area contributed by atoms with Crippen LogP contribution < -0.4 is 5.32 Å². The van der Waals surface area contributed by atoms with Crippen LogP contribution in [0.15, 0.2) is 35.7 Å². The van der Waals surface area contributed by atoms with Crippen LogP contribution in [0.3, 0.4) is 0 Å². The van der Waals surface area contributed by atoms with Crippen molar-refractivity contribution < 1.29 is 18.6 Å². The molecule has 0 spiro atoms. The van der Waals surface area contributed by atoms with Crippen LogP contribution in [0, 0.1) is 11.6 Å². The van der Waals surface area contributed by atoms with Gasteiger partial charge in [0.15, 0.2) is 11.6 Å². The zero-order valence-corrected chi connectivity index (χ0v) is 13.3. The average molecular weight is 360 g/mol. The number of benzene rings is 1. The Bertz CT molecular complexity index is 612. The van der Waals surface area contributed by atoms with Gasteiger partial charge < -0.3 is 15.2 Å². The van der Waals surface area contributed by atoms with Gasteiger partial charge in [-0.05, 0) is 19.4 Å². The van der Waals surface area contributed by atoms with E-state index >= 15 is 0 Å². The zero-order valence-electron chi connectivity index (χ0n) is 11.7. The molecular weight excluding hydrogens is 344 g/mol. The molecule has 3 nitrogen and oxygen atoms in total. The molecule has 2 N–H and O–H groups in total. The number of rotatable bonds is 4. The second-order valence-electron chi connectivity index (χ2n) is 4.95. The van der Waals surface area contributed by atoms with E-state index in [-0.39, 0.29) is 22.2 Å². The van der Waals surface area contributed by atoms with Crippen molar-refractivity contribution in [1.29, 1.82) is 0 Å². The Morgan fingerprint density at radius 3 is 2.76 bits per heavy atom. The Kier molecular flexibility index (Phi) is 4.68. The Hall–Kier alpha value is -1.40. The monoisotopic (exact) mass is 359 g/mol. The van der Waals surface area contributed by atoms with E-state index in [4.69, 9.17) is 4.74 Å². The van der Waals surface area contributed by atoms with E-state index in [2.05, 4.69) is 21.2 Å². The summed E-state index contributed by atoms with van der Waals surface area (Å²) in [5, 5.41) is 12.1. The van der Waals surface area contributed by atoms with E-state index in [1.807, 2.05) is 13.0 Å². The SMILES string of the molecule is COC1=CC(Nc2c(CO)ccc(F)c2F)=CCC1(C)Br. The Labute approximate surface area is 130 Å². The van der Waals surface area contributed by atoms with Gasteiger partial charge in [-0.3, -0.25) is 0 Å². The van der Waals surface area contributed by atoms with Crippen molar-refractivity contribution in [2.45, 2.75) is 24.3 Å². The highest BCUT2D eigenvalue weighted by atomic mass is 79.9. The van der Waals surface area contributed by atoms with Crippen LogP contribution in [0.1, 0.15) is 18.9 Å². The summed E-state index contributed by atoms with van der Waals surface area (Å²) >= 11 is 3.55. The van der Waals surface area contributed by atoms with Crippen LogP contribution in [0.5, 0.6) is 0 Å². The van der Waals surface area contributed by atoms with E-state index < -0.39 is 11.6 Å². The highest BCUT2D eigenvalue weighted by Gasteiger charge is 2.29. The van der Waals surface area contributed by atoms with Crippen molar-refractivity contribution in [3.8, 4) is 0 Å². The molecule has 1 unspecified atom stereocenters. The maximum Gasteiger partial charge on any atom is 0.182 e. The molecule has 0 aromatic heterocycles. The minimum absolute atomic E-state index is 0.0615. The van der Waals surface area contributed by atoms with Crippen LogP contribution in [0.2, 0.25) is 0 Å². The Morgan fingerprint density at radius 2 is 2.14 bits per heavy atom. The minimum Gasteiger partial charge on any atom is -0.500 e. The van der Waals surface area contributed by atoms with E-state index in [0.717, 1.165) is 6.07 Å². The molecule has 0 saturated heterocycles. The van der Waals surface area contributed by atoms with Crippen molar-refractivity contribution in [3.05, 3.63) is 52.9 Å². The third kappa shape index (κ3) is 3.27. The summed E-state index contributed by atoms with van der Waals surface area (Å²) in [6, 6.07) is 2.34. The van der Waals surface area contributed by atoms with Crippen LogP contribution >= 0.6 is 15.9 Å². The van der Waals surface area contributed by atoms with Gasteiger partial charge >= 0.3 is 0 Å². The van der Waals surface area contributed by atoms with Crippen molar-refractivity contribution >= 4 is 21.6 Å². The molecule has 1 aromatic rings. The molecule has 0 bridgehead atoms. The maximum atomic E-state index is 13.9. The fourth-order valence-corrected chi connectivity index (χ4v) is 2.55. The second kappa shape index (κ2) is 6.15. The number of ether oxygens (including phenoxy) is 1. The number of aliphatic hydroxyl groups is 1. The predicted octanol–water partition coefficient (Wildman–Crippen LogP) is 3.84. The molecule has 1 aliphatic rings. The highest BCUT2D eigenvalue weighted by molar-refractivity contribution is 9.10. The first-order chi connectivity index (χ1) is 9.89. The smallest absolute Gasteiger partial charge is 0.182 e. The summed E-state index contributed by atoms with van der Waals surface area (Å²) in [5.41, 5.74) is 0.811. The van der Waals surface area contributed by atoms with Gasteiger partial charge in [0.05, 0.1) is 23.7 Å². The summed E-state index contributed by atoms with van der Waals surface area (Å²) in [5.74, 6) is -1.30. The fourth-order valence-electron chi connectivity index (χ4n) is 2.11. The average Bonchev–Trinajstić information content (AvgIpc) is 2.45. The molecule has 1 aliphatic carbocycles. The molecular formula is C15H16BrF2NO2. The fraction of sp³-hybridized carbons (Fsp3) is 0.333. The quantitative estimate of drug-likeness (QED) is 0.802. The zero-order chi connectivity index (χ0) is 15.6. The first-order valence-electron chi connectivity index (χ1n) is 6.39. The van der Waals surface area contributed by atoms with Crippen molar-refractivity contribution in [2.24, 2.45) is 0 Å². The topological polar surface area (TPSA) is 41.5 Å². The maximum absolute atomic E-state index is 13.9. The highest BCUT2D eigenvalue weighted by Crippen LogP contribution is 2.36. The van der Waals surface area contributed by atoms with E-state index in [0.29, 0.717) is 17.9 Å². The molecule has 0 amide bonds. The standard InChI is InChI=1S/C15H16BrF2NO2/c1-15(16)6-5-10(7-12(15)21-2)19-14-9(8-20)3-4-11(17)13(14)18/h3-5,7,19-20H,6,8H2,1-2H3. The van der Waals surface area contributed by atoms with Gasteiger partial charge in [0, 0.05) is 17.3 Å². The summed E-state index contributed by atoms with van der Waals surface area (Å²) < 4.78 is 32.2. The molecule has 6 heteroatoms. The van der Waals surface area contributed by atoms with Gasteiger partial charge in [0.25, 0.3) is 0 Å². The van der Waals surface area contributed by atoms with E-state index in [9.17, 15) is 13.9 Å². The van der Waals surface area contributed by atoms with Crippen LogP contribution in [-0.4, -0.2) is 16.5 Å². The summed E-state index contributed by atoms with van der Waals surface area (Å²) in [7, 11) is 1.55. The lowest BCUT2D eigenvalue weighted by Crippen LogP contribution is -2.23. The lowest BCUT2D eigenvalue weighted by atomic mass is 9.98. The molecule has 0 radical (unpaired) electrons. The number of alkyl halides is 1. The number of nitrogens with one attached hydrogen (secondary N) is 1. The van der Waals surface area contributed by atoms with Crippen LogP contribution in [0.25, 0.3) is 0 Å². The second-order valence-corrected chi connectivity index (χ2v) is 6.70. The molecule has 0 heterocycles. The van der Waals surface area contributed by atoms with Gasteiger partial charge in [-0.15, -0.1) is 0 Å². The summed E-state index contributed by atoms with van der Waals surface area (Å²) in [4.78, 5) is 0. The number of aliphatic hydroxyl groups excluding tert-OH is 1. The molecule has 0 fully saturated rings. The minimum atomic E-state index is -1.01. The van der Waals surface area contributed by atoms with E-state index in [1.165, 1.54) is 6.07 Å². The van der Waals surface area contributed by atoms with Crippen LogP contribution in [0.4, 0.5) is 14.5 Å². The van der Waals surface area contributed by atoms with Gasteiger partial charge in [0.2, 0.25) is 0 Å². The number of allylic oxidation sites excluding steroid dienone is 3. The molecule has 21 heavy (non-hydrogen) atoms. The largest absolute Gasteiger partial charge is 0.500 e. The van der Waals surface area contributed by atoms with Gasteiger partial charge in [-0.2, -0.15) is 0 Å². The predicted molar refractivity (Wildman–Crippen MR) is 81.0 cm³/mol. The third-order valence-electron chi connectivity index (χ3n) is 3.35. The first-order valence-corrected chi connectivity index (χ1v) is 7.18. The van der Waals surface area contributed by atoms with Gasteiger partial charge in [-0.1, -0.05) is 28.1 Å². The van der Waals surface area contributed by atoms with Crippen LogP contribution in [-0.2, 0) is 11.3 Å². The summed E-state index contributed by atoms with van der Waals surface area (Å²) in [6.07, 6.45) is 4.19. The third-order valence-corrected chi connectivity index (χ3v) is 4.06. The molecule has 114 valence electrons. The normalized spacial score (nSPS) is 21.6. The Morgan fingerprint density at radius 1 is 1.43 bits per heavy atom. The molecule has 0 aliphatic heterocycles. The lowest BCUT2D eigenvalue weighted by Gasteiger charge is -2.28. The summed E-state index contributed by atoms with van der Waals surface area (Å²) in [6.45, 7) is 1.57. The van der Waals surface area contributed by atoms with Gasteiger partial charge in [0.1, 0.15) is 5.76 Å². The number of halogens is 3.